The van der Waals surface area contributed by atoms with Crippen LogP contribution >= 0.6 is 0 Å². The van der Waals surface area contributed by atoms with Crippen molar-refractivity contribution in [2.75, 3.05) is 11.9 Å². The van der Waals surface area contributed by atoms with Crippen molar-refractivity contribution in [3.63, 3.8) is 0 Å². The lowest BCUT2D eigenvalue weighted by Gasteiger charge is -2.16. The number of rotatable bonds is 5. The molecule has 0 heterocycles. The summed E-state index contributed by atoms with van der Waals surface area (Å²) in [5.41, 5.74) is 0.599. The van der Waals surface area contributed by atoms with Crippen LogP contribution in [0.1, 0.15) is 24.2 Å². The number of carbonyl (C=O) groups excluding carboxylic acids is 1. The summed E-state index contributed by atoms with van der Waals surface area (Å²) in [5.74, 6) is -1.18. The lowest BCUT2D eigenvalue weighted by molar-refractivity contribution is -0.121. The molecule has 1 aromatic rings. The van der Waals surface area contributed by atoms with Crippen LogP contribution < -0.4 is 10.6 Å². The molecule has 0 aliphatic heterocycles. The van der Waals surface area contributed by atoms with Gasteiger partial charge in [0.15, 0.2) is 0 Å². The number of likely N-dealkylation sites (N-methyl/N-ethyl adjacent to an activating group) is 1. The Bertz CT molecular complexity index is 418. The Hall–Kier alpha value is -2.04. The van der Waals surface area contributed by atoms with Crippen LogP contribution in [0.2, 0.25) is 0 Å². The van der Waals surface area contributed by atoms with Crippen molar-refractivity contribution in [3.05, 3.63) is 29.8 Å². The third-order valence-corrected chi connectivity index (χ3v) is 2.27. The van der Waals surface area contributed by atoms with Crippen LogP contribution in [0.25, 0.3) is 0 Å². The van der Waals surface area contributed by atoms with E-state index in [0.717, 1.165) is 0 Å². The van der Waals surface area contributed by atoms with Crippen molar-refractivity contribution in [2.24, 2.45) is 0 Å². The van der Waals surface area contributed by atoms with Gasteiger partial charge in [0.1, 0.15) is 6.04 Å². The van der Waals surface area contributed by atoms with Crippen molar-refractivity contribution in [2.45, 2.75) is 19.9 Å². The summed E-state index contributed by atoms with van der Waals surface area (Å²) in [6, 6.07) is 6.02. The van der Waals surface area contributed by atoms with Gasteiger partial charge in [-0.1, -0.05) is 12.1 Å². The maximum atomic E-state index is 11.5. The van der Waals surface area contributed by atoms with Gasteiger partial charge in [-0.2, -0.15) is 0 Å². The van der Waals surface area contributed by atoms with Gasteiger partial charge in [-0.3, -0.25) is 4.79 Å². The quantitative estimate of drug-likeness (QED) is 0.720. The highest BCUT2D eigenvalue weighted by Crippen LogP contribution is 2.15. The Balaban J connectivity index is 2.81. The second-order valence-corrected chi connectivity index (χ2v) is 3.61. The van der Waals surface area contributed by atoms with E-state index in [1.54, 1.807) is 25.1 Å². The molecule has 0 saturated carbocycles. The van der Waals surface area contributed by atoms with Gasteiger partial charge < -0.3 is 15.7 Å². The molecule has 0 fully saturated rings. The average Bonchev–Trinajstić information content (AvgIpc) is 2.29. The fourth-order valence-corrected chi connectivity index (χ4v) is 1.42. The highest BCUT2D eigenvalue weighted by Gasteiger charge is 2.15. The first-order chi connectivity index (χ1) is 8.06. The molecule has 1 amide bonds. The summed E-state index contributed by atoms with van der Waals surface area (Å²) in [6.45, 7) is 4.06. The Morgan fingerprint density at radius 2 is 2.00 bits per heavy atom. The number of para-hydroxylation sites is 1. The number of hydrogen-bond donors (Lipinski definition) is 3. The standard InChI is InChI=1S/C12H16N2O3/c1-3-13-11(15)8(2)14-10-7-5-4-6-9(10)12(16)17/h4-8,14H,3H2,1-2H3,(H,13,15)(H,16,17). The van der Waals surface area contributed by atoms with Crippen molar-refractivity contribution in [1.29, 1.82) is 0 Å². The number of anilines is 1. The summed E-state index contributed by atoms with van der Waals surface area (Å²) in [4.78, 5) is 22.5. The van der Waals surface area contributed by atoms with Gasteiger partial charge in [-0.25, -0.2) is 4.79 Å². The number of nitrogens with one attached hydrogen (secondary N) is 2. The topological polar surface area (TPSA) is 78.4 Å². The molecule has 0 aromatic heterocycles. The molecule has 17 heavy (non-hydrogen) atoms. The largest absolute Gasteiger partial charge is 0.478 e. The van der Waals surface area contributed by atoms with Gasteiger partial charge in [0.05, 0.1) is 5.56 Å². The van der Waals surface area contributed by atoms with E-state index in [1.807, 2.05) is 6.92 Å². The van der Waals surface area contributed by atoms with E-state index in [0.29, 0.717) is 12.2 Å². The van der Waals surface area contributed by atoms with Crippen LogP contribution in [0.5, 0.6) is 0 Å². The highest BCUT2D eigenvalue weighted by molar-refractivity contribution is 5.95. The summed E-state index contributed by atoms with van der Waals surface area (Å²) in [6.07, 6.45) is 0. The predicted octanol–water partition coefficient (Wildman–Crippen LogP) is 1.32. The number of benzene rings is 1. The summed E-state index contributed by atoms with van der Waals surface area (Å²) in [7, 11) is 0. The molecule has 1 aromatic carbocycles. The van der Waals surface area contributed by atoms with E-state index in [4.69, 9.17) is 5.11 Å². The number of carboxylic acids is 1. The zero-order valence-corrected chi connectivity index (χ0v) is 9.86. The fourth-order valence-electron chi connectivity index (χ4n) is 1.42. The summed E-state index contributed by atoms with van der Waals surface area (Å²) < 4.78 is 0. The molecule has 1 atom stereocenters. The van der Waals surface area contributed by atoms with E-state index < -0.39 is 12.0 Å². The zero-order valence-electron chi connectivity index (χ0n) is 9.86. The van der Waals surface area contributed by atoms with Crippen LogP contribution in [-0.2, 0) is 4.79 Å². The van der Waals surface area contributed by atoms with Crippen LogP contribution in [-0.4, -0.2) is 29.6 Å². The molecule has 3 N–H and O–H groups in total. The molecule has 1 rings (SSSR count). The van der Waals surface area contributed by atoms with Gasteiger partial charge in [-0.15, -0.1) is 0 Å². The smallest absolute Gasteiger partial charge is 0.337 e. The first-order valence-corrected chi connectivity index (χ1v) is 5.42. The Labute approximate surface area is 99.8 Å². The molecule has 0 aliphatic carbocycles. The first kappa shape index (κ1) is 13.0. The molecule has 92 valence electrons. The third kappa shape index (κ3) is 3.48. The van der Waals surface area contributed by atoms with Gasteiger partial charge in [0, 0.05) is 12.2 Å². The third-order valence-electron chi connectivity index (χ3n) is 2.27. The van der Waals surface area contributed by atoms with Gasteiger partial charge >= 0.3 is 5.97 Å². The van der Waals surface area contributed by atoms with Crippen LogP contribution in [0.3, 0.4) is 0 Å². The molecule has 0 bridgehead atoms. The normalized spacial score (nSPS) is 11.6. The van der Waals surface area contributed by atoms with Crippen LogP contribution in [0.15, 0.2) is 24.3 Å². The van der Waals surface area contributed by atoms with Crippen molar-refractivity contribution >= 4 is 17.6 Å². The second kappa shape index (κ2) is 5.89. The lowest BCUT2D eigenvalue weighted by atomic mass is 10.1. The molecule has 5 nitrogen and oxygen atoms in total. The Kier molecular flexibility index (Phi) is 4.51. The minimum absolute atomic E-state index is 0.156. The number of aromatic carboxylic acids is 1. The molecule has 5 heteroatoms. The molecular weight excluding hydrogens is 220 g/mol. The molecule has 1 unspecified atom stereocenters. The van der Waals surface area contributed by atoms with Crippen molar-refractivity contribution < 1.29 is 14.7 Å². The number of carbonyl (C=O) groups is 2. The van der Waals surface area contributed by atoms with E-state index in [9.17, 15) is 9.59 Å². The van der Waals surface area contributed by atoms with Crippen molar-refractivity contribution in [1.82, 2.24) is 5.32 Å². The minimum atomic E-state index is -1.02. The summed E-state index contributed by atoms with van der Waals surface area (Å²) >= 11 is 0. The maximum Gasteiger partial charge on any atom is 0.337 e. The molecule has 0 radical (unpaired) electrons. The Morgan fingerprint density at radius 3 is 2.59 bits per heavy atom. The fraction of sp³-hybridized carbons (Fsp3) is 0.333. The van der Waals surface area contributed by atoms with Gasteiger partial charge in [-0.05, 0) is 26.0 Å². The predicted molar refractivity (Wildman–Crippen MR) is 65.2 cm³/mol. The highest BCUT2D eigenvalue weighted by atomic mass is 16.4. The number of carboxylic acid groups (broad SMARTS) is 1. The van der Waals surface area contributed by atoms with Gasteiger partial charge in [0.25, 0.3) is 0 Å². The molecule has 0 saturated heterocycles. The van der Waals surface area contributed by atoms with E-state index >= 15 is 0 Å². The lowest BCUT2D eigenvalue weighted by Crippen LogP contribution is -2.37. The molecular formula is C12H16N2O3. The SMILES string of the molecule is CCNC(=O)C(C)Nc1ccccc1C(=O)O. The van der Waals surface area contributed by atoms with Crippen LogP contribution in [0, 0.1) is 0 Å². The first-order valence-electron chi connectivity index (χ1n) is 5.42. The molecule has 0 spiro atoms. The summed E-state index contributed by atoms with van der Waals surface area (Å²) in [5, 5.41) is 14.5. The average molecular weight is 236 g/mol. The van der Waals surface area contributed by atoms with E-state index in [-0.39, 0.29) is 11.5 Å². The minimum Gasteiger partial charge on any atom is -0.478 e. The van der Waals surface area contributed by atoms with Crippen LogP contribution in [0.4, 0.5) is 5.69 Å². The molecule has 0 aliphatic rings. The monoisotopic (exact) mass is 236 g/mol. The zero-order chi connectivity index (χ0) is 12.8. The van der Waals surface area contributed by atoms with Crippen molar-refractivity contribution in [3.8, 4) is 0 Å². The van der Waals surface area contributed by atoms with E-state index in [1.165, 1.54) is 6.07 Å². The maximum absolute atomic E-state index is 11.5. The van der Waals surface area contributed by atoms with Gasteiger partial charge in [0.2, 0.25) is 5.91 Å². The number of amides is 1. The second-order valence-electron chi connectivity index (χ2n) is 3.61. The Morgan fingerprint density at radius 1 is 1.35 bits per heavy atom. The van der Waals surface area contributed by atoms with E-state index in [2.05, 4.69) is 10.6 Å². The number of hydrogen-bond acceptors (Lipinski definition) is 3.